The fourth-order valence-corrected chi connectivity index (χ4v) is 4.50. The number of carbonyl (C=O) groups is 2. The van der Waals surface area contributed by atoms with Crippen LogP contribution in [-0.2, 0) is 24.7 Å². The summed E-state index contributed by atoms with van der Waals surface area (Å²) in [5.41, 5.74) is 11.5. The number of hydrogen-bond acceptors (Lipinski definition) is 11. The van der Waals surface area contributed by atoms with E-state index in [1.807, 2.05) is 0 Å². The molecule has 7 N–H and O–H groups in total. The minimum absolute atomic E-state index is 0.0450. The number of anilines is 1. The first-order chi connectivity index (χ1) is 16.5. The van der Waals surface area contributed by atoms with Crippen molar-refractivity contribution in [3.05, 3.63) is 40.9 Å². The molecule has 1 saturated heterocycles. The molecule has 2 aromatic rings. The molecule has 0 bridgehead atoms. The number of nitrogens with zero attached hydrogens (tertiary/aromatic N) is 3. The number of oxime groups is 1. The second-order valence-corrected chi connectivity index (χ2v) is 9.47. The Morgan fingerprint density at radius 3 is 2.57 bits per heavy atom. The van der Waals surface area contributed by atoms with Crippen LogP contribution in [0, 0.1) is 5.41 Å². The third-order valence-electron chi connectivity index (χ3n) is 4.82. The number of nitrogens with one attached hydrogen (secondary N) is 2. The Balaban J connectivity index is 1.56. The van der Waals surface area contributed by atoms with Crippen molar-refractivity contribution in [1.29, 1.82) is 5.41 Å². The van der Waals surface area contributed by atoms with E-state index in [9.17, 15) is 18.0 Å². The first-order valence-corrected chi connectivity index (χ1v) is 12.4. The Hall–Kier alpha value is -3.76. The molecular weight excluding hydrogens is 502 g/mol. The van der Waals surface area contributed by atoms with Gasteiger partial charge in [-0.2, -0.15) is 8.42 Å². The van der Waals surface area contributed by atoms with E-state index >= 15 is 0 Å². The normalized spacial score (nSPS) is 18.1. The van der Waals surface area contributed by atoms with E-state index in [2.05, 4.69) is 15.5 Å². The number of β-lactam (4-membered cyclic amide) rings is 1. The Bertz CT molecular complexity index is 1240. The van der Waals surface area contributed by atoms with Gasteiger partial charge < -0.3 is 26.4 Å². The molecule has 1 aliphatic heterocycles. The first-order valence-electron chi connectivity index (χ1n) is 10.1. The largest absolute Gasteiger partial charge is 0.493 e. The number of amidine groups is 1. The average molecular weight is 526 g/mol. The van der Waals surface area contributed by atoms with Crippen LogP contribution in [0.5, 0.6) is 5.75 Å². The predicted molar refractivity (Wildman–Crippen MR) is 126 cm³/mol. The third-order valence-corrected chi connectivity index (χ3v) is 6.50. The molecule has 2 atom stereocenters. The molecule has 1 aromatic carbocycles. The zero-order valence-electron chi connectivity index (χ0n) is 18.4. The highest BCUT2D eigenvalue weighted by Crippen LogP contribution is 2.23. The highest BCUT2D eigenvalue weighted by Gasteiger charge is 2.51. The fraction of sp³-hybridized carbons (Fsp3) is 0.316. The van der Waals surface area contributed by atoms with Gasteiger partial charge >= 0.3 is 10.3 Å². The van der Waals surface area contributed by atoms with Crippen molar-refractivity contribution in [3.63, 3.8) is 0 Å². The molecule has 1 aromatic heterocycles. The second kappa shape index (κ2) is 10.7. The van der Waals surface area contributed by atoms with Gasteiger partial charge in [0.25, 0.3) is 11.8 Å². The lowest BCUT2D eigenvalue weighted by molar-refractivity contribution is -0.143. The number of nitrogen functional groups attached to an aromatic ring is 2. The van der Waals surface area contributed by atoms with Crippen molar-refractivity contribution in [3.8, 4) is 5.75 Å². The SMILES string of the molecule is CC1C(NC(=O)C(=NOCCCOc2ccc(C(=N)N)cc2)c2csc(N)n2)C(=O)N1S(=O)(=O)O. The standard InChI is InChI=1S/C19H23N7O7S2/c1-10-14(18(28)26(10)35(29,30)31)24-17(27)15(13-9-34-19(22)23-13)25-33-8-2-7-32-12-5-3-11(4-6-12)16(20)21/h3-6,9-10,14H,2,7-8H2,1H3,(H3,20,21)(H2,22,23)(H,24,27)(H,29,30,31). The highest BCUT2D eigenvalue weighted by molar-refractivity contribution is 7.84. The van der Waals surface area contributed by atoms with Gasteiger partial charge in [-0.05, 0) is 31.2 Å². The minimum atomic E-state index is -4.73. The number of benzene rings is 1. The Morgan fingerprint density at radius 2 is 2.03 bits per heavy atom. The number of thiazole rings is 1. The van der Waals surface area contributed by atoms with Crippen molar-refractivity contribution < 1.29 is 32.1 Å². The average Bonchev–Trinajstić information content (AvgIpc) is 3.22. The molecule has 2 unspecified atom stereocenters. The quantitative estimate of drug-likeness (QED) is 0.0644. The summed E-state index contributed by atoms with van der Waals surface area (Å²) in [5, 5.41) is 15.2. The zero-order chi connectivity index (χ0) is 25.8. The van der Waals surface area contributed by atoms with E-state index in [4.69, 9.17) is 31.0 Å². The number of amides is 2. The van der Waals surface area contributed by atoms with Crippen LogP contribution in [0.25, 0.3) is 0 Å². The van der Waals surface area contributed by atoms with E-state index < -0.39 is 34.2 Å². The second-order valence-electron chi connectivity index (χ2n) is 7.29. The zero-order valence-corrected chi connectivity index (χ0v) is 20.0. The molecule has 0 radical (unpaired) electrons. The Labute approximate surface area is 204 Å². The number of ether oxygens (including phenoxy) is 1. The summed E-state index contributed by atoms with van der Waals surface area (Å²) in [5.74, 6) is -1.29. The Kier molecular flexibility index (Phi) is 7.88. The molecule has 0 saturated carbocycles. The van der Waals surface area contributed by atoms with Crippen LogP contribution in [-0.4, -0.2) is 70.9 Å². The van der Waals surface area contributed by atoms with Crippen molar-refractivity contribution in [1.82, 2.24) is 14.6 Å². The minimum Gasteiger partial charge on any atom is -0.493 e. The summed E-state index contributed by atoms with van der Waals surface area (Å²) in [4.78, 5) is 34.0. The molecule has 1 fully saturated rings. The third kappa shape index (κ3) is 6.23. The van der Waals surface area contributed by atoms with Gasteiger partial charge in [-0.25, -0.2) is 9.29 Å². The summed E-state index contributed by atoms with van der Waals surface area (Å²) in [6, 6.07) is 4.49. The fourth-order valence-electron chi connectivity index (χ4n) is 3.07. The molecule has 2 heterocycles. The molecule has 188 valence electrons. The van der Waals surface area contributed by atoms with Gasteiger partial charge in [-0.1, -0.05) is 5.16 Å². The van der Waals surface area contributed by atoms with E-state index in [-0.39, 0.29) is 39.9 Å². The van der Waals surface area contributed by atoms with Gasteiger partial charge in [0.2, 0.25) is 0 Å². The molecule has 0 spiro atoms. The van der Waals surface area contributed by atoms with E-state index in [0.29, 0.717) is 17.7 Å². The summed E-state index contributed by atoms with van der Waals surface area (Å²) in [7, 11) is -4.73. The van der Waals surface area contributed by atoms with Crippen LogP contribution in [0.1, 0.15) is 24.6 Å². The van der Waals surface area contributed by atoms with E-state index in [1.54, 1.807) is 24.3 Å². The lowest BCUT2D eigenvalue weighted by Crippen LogP contribution is -2.71. The van der Waals surface area contributed by atoms with Gasteiger partial charge in [0.1, 0.15) is 29.9 Å². The van der Waals surface area contributed by atoms with Gasteiger partial charge in [0, 0.05) is 17.4 Å². The van der Waals surface area contributed by atoms with Gasteiger partial charge in [-0.15, -0.1) is 11.3 Å². The first kappa shape index (κ1) is 25.9. The Morgan fingerprint density at radius 1 is 1.34 bits per heavy atom. The maximum Gasteiger partial charge on any atom is 0.362 e. The number of aromatic nitrogens is 1. The van der Waals surface area contributed by atoms with E-state index in [0.717, 1.165) is 11.3 Å². The molecule has 14 nitrogen and oxygen atoms in total. The summed E-state index contributed by atoms with van der Waals surface area (Å²) >= 11 is 1.06. The number of carbonyl (C=O) groups excluding carboxylic acids is 2. The van der Waals surface area contributed by atoms with Crippen LogP contribution in [0.15, 0.2) is 34.8 Å². The molecule has 2 amide bonds. The molecule has 35 heavy (non-hydrogen) atoms. The number of nitrogens with two attached hydrogens (primary N) is 2. The van der Waals surface area contributed by atoms with Crippen LogP contribution < -0.4 is 21.5 Å². The van der Waals surface area contributed by atoms with Crippen molar-refractivity contribution >= 4 is 50.1 Å². The van der Waals surface area contributed by atoms with Crippen LogP contribution in [0.3, 0.4) is 0 Å². The predicted octanol–water partition coefficient (Wildman–Crippen LogP) is -0.283. The maximum atomic E-state index is 12.8. The van der Waals surface area contributed by atoms with Crippen LogP contribution in [0.4, 0.5) is 5.13 Å². The summed E-state index contributed by atoms with van der Waals surface area (Å²) in [6.45, 7) is 1.71. The lowest BCUT2D eigenvalue weighted by atomic mass is 10.0. The van der Waals surface area contributed by atoms with Crippen molar-refractivity contribution in [2.24, 2.45) is 10.9 Å². The number of rotatable bonds is 11. The summed E-state index contributed by atoms with van der Waals surface area (Å²) < 4.78 is 37.4. The maximum absolute atomic E-state index is 12.8. The van der Waals surface area contributed by atoms with Crippen LogP contribution in [0.2, 0.25) is 0 Å². The summed E-state index contributed by atoms with van der Waals surface area (Å²) in [6.07, 6.45) is 0.410. The highest BCUT2D eigenvalue weighted by atomic mass is 32.2. The smallest absolute Gasteiger partial charge is 0.362 e. The molecular formula is C19H23N7O7S2. The van der Waals surface area contributed by atoms with Gasteiger partial charge in [-0.3, -0.25) is 19.6 Å². The van der Waals surface area contributed by atoms with E-state index in [1.165, 1.54) is 12.3 Å². The molecule has 0 aliphatic carbocycles. The topological polar surface area (TPSA) is 223 Å². The molecule has 3 rings (SSSR count). The van der Waals surface area contributed by atoms with Crippen LogP contribution >= 0.6 is 11.3 Å². The van der Waals surface area contributed by atoms with Crippen molar-refractivity contribution in [2.45, 2.75) is 25.4 Å². The monoisotopic (exact) mass is 525 g/mol. The lowest BCUT2D eigenvalue weighted by Gasteiger charge is -2.42. The van der Waals surface area contributed by atoms with Crippen molar-refractivity contribution in [2.75, 3.05) is 18.9 Å². The molecule has 1 aliphatic rings. The number of hydrogen-bond donors (Lipinski definition) is 5. The molecule has 16 heteroatoms. The van der Waals surface area contributed by atoms with Gasteiger partial charge in [0.05, 0.1) is 12.6 Å². The van der Waals surface area contributed by atoms with Gasteiger partial charge in [0.15, 0.2) is 10.8 Å².